The molecule has 28 heavy (non-hydrogen) atoms. The van der Waals surface area contributed by atoms with Gasteiger partial charge in [0.25, 0.3) is 0 Å². The fourth-order valence-corrected chi connectivity index (χ4v) is 3.87. The number of hydrogen-bond donors (Lipinski definition) is 2. The van der Waals surface area contributed by atoms with Crippen LogP contribution in [0.25, 0.3) is 0 Å². The van der Waals surface area contributed by atoms with E-state index in [1.165, 1.54) is 0 Å². The molecule has 2 aromatic rings. The van der Waals surface area contributed by atoms with Gasteiger partial charge in [-0.1, -0.05) is 29.8 Å². The Morgan fingerprint density at radius 1 is 1.21 bits per heavy atom. The molecule has 2 N–H and O–H groups in total. The smallest absolute Gasteiger partial charge is 0.231 e. The molecular formula is C21H23Cl2N3O2. The number of nitrogens with zero attached hydrogens (tertiary/aromatic N) is 1. The van der Waals surface area contributed by atoms with Crippen molar-refractivity contribution in [1.82, 2.24) is 5.32 Å². The van der Waals surface area contributed by atoms with Gasteiger partial charge in [0.1, 0.15) is 0 Å². The van der Waals surface area contributed by atoms with Crippen molar-refractivity contribution >= 4 is 47.2 Å². The number of carbonyl (C=O) groups excluding carboxylic acids is 2. The number of anilines is 2. The van der Waals surface area contributed by atoms with Crippen LogP contribution in [0.3, 0.4) is 0 Å². The van der Waals surface area contributed by atoms with E-state index in [2.05, 4.69) is 10.6 Å². The molecule has 0 bridgehead atoms. The summed E-state index contributed by atoms with van der Waals surface area (Å²) in [5.74, 6) is 0.171. The van der Waals surface area contributed by atoms with Crippen molar-refractivity contribution in [3.63, 3.8) is 0 Å². The third-order valence-electron chi connectivity index (χ3n) is 5.21. The first-order valence-electron chi connectivity index (χ1n) is 9.29. The van der Waals surface area contributed by atoms with Gasteiger partial charge in [0.2, 0.25) is 11.8 Å². The van der Waals surface area contributed by atoms with Crippen LogP contribution < -0.4 is 15.5 Å². The molecule has 2 amide bonds. The van der Waals surface area contributed by atoms with Gasteiger partial charge in [0.15, 0.2) is 0 Å². The Bertz CT molecular complexity index is 864. The highest BCUT2D eigenvalue weighted by Gasteiger charge is 2.27. The van der Waals surface area contributed by atoms with Gasteiger partial charge in [-0.2, -0.15) is 0 Å². The van der Waals surface area contributed by atoms with E-state index >= 15 is 0 Å². The zero-order chi connectivity index (χ0) is 18.8. The first-order valence-corrected chi connectivity index (χ1v) is 9.67. The highest BCUT2D eigenvalue weighted by atomic mass is 35.5. The van der Waals surface area contributed by atoms with Gasteiger partial charge in [-0.15, -0.1) is 12.4 Å². The minimum absolute atomic E-state index is 0. The second-order valence-corrected chi connectivity index (χ2v) is 7.60. The molecular weight excluding hydrogens is 397 g/mol. The molecule has 2 aliphatic rings. The van der Waals surface area contributed by atoms with E-state index in [9.17, 15) is 9.59 Å². The van der Waals surface area contributed by atoms with Crippen molar-refractivity contribution < 1.29 is 9.59 Å². The van der Waals surface area contributed by atoms with Crippen molar-refractivity contribution in [2.45, 2.75) is 25.8 Å². The van der Waals surface area contributed by atoms with Gasteiger partial charge in [0, 0.05) is 22.9 Å². The summed E-state index contributed by atoms with van der Waals surface area (Å²) in [7, 11) is 0. The zero-order valence-corrected chi connectivity index (χ0v) is 17.0. The largest absolute Gasteiger partial charge is 0.326 e. The van der Waals surface area contributed by atoms with Crippen molar-refractivity contribution in [3.05, 3.63) is 58.6 Å². The average Bonchev–Trinajstić information content (AvgIpc) is 2.99. The highest BCUT2D eigenvalue weighted by Crippen LogP contribution is 2.32. The number of nitrogens with one attached hydrogen (secondary N) is 2. The molecule has 2 aliphatic heterocycles. The number of amides is 2. The van der Waals surface area contributed by atoms with Crippen LogP contribution in [-0.4, -0.2) is 24.9 Å². The van der Waals surface area contributed by atoms with E-state index in [4.69, 9.17) is 11.6 Å². The second kappa shape index (κ2) is 8.95. The van der Waals surface area contributed by atoms with Gasteiger partial charge in [0.05, 0.1) is 18.9 Å². The molecule has 2 heterocycles. The molecule has 148 valence electrons. The lowest BCUT2D eigenvalue weighted by molar-refractivity contribution is -0.120. The Morgan fingerprint density at radius 3 is 2.71 bits per heavy atom. The van der Waals surface area contributed by atoms with E-state index in [-0.39, 0.29) is 30.1 Å². The van der Waals surface area contributed by atoms with Crippen molar-refractivity contribution in [2.24, 2.45) is 5.92 Å². The molecule has 2 aromatic carbocycles. The maximum atomic E-state index is 12.4. The number of benzene rings is 2. The van der Waals surface area contributed by atoms with Gasteiger partial charge in [-0.25, -0.2) is 0 Å². The molecule has 1 fully saturated rings. The average molecular weight is 420 g/mol. The van der Waals surface area contributed by atoms with E-state index in [0.29, 0.717) is 18.0 Å². The molecule has 1 unspecified atom stereocenters. The standard InChI is InChI=1S/C21H22ClN3O2.ClH/c22-17-6-5-15-10-20(26)25(19(15)11-17)13-14-3-7-18(8-4-14)24-21(27)16-2-1-9-23-12-16;/h3-8,11,16,23H,1-2,9-10,12-13H2,(H,24,27);1H. The maximum absolute atomic E-state index is 12.4. The Labute approximate surface area is 175 Å². The van der Waals surface area contributed by atoms with Gasteiger partial charge < -0.3 is 15.5 Å². The Morgan fingerprint density at radius 2 is 2.00 bits per heavy atom. The fraction of sp³-hybridized carbons (Fsp3) is 0.333. The molecule has 0 radical (unpaired) electrons. The fourth-order valence-electron chi connectivity index (χ4n) is 3.70. The summed E-state index contributed by atoms with van der Waals surface area (Å²) in [6, 6.07) is 13.3. The maximum Gasteiger partial charge on any atom is 0.231 e. The number of piperidine rings is 1. The molecule has 1 atom stereocenters. The molecule has 0 saturated carbocycles. The lowest BCUT2D eigenvalue weighted by Crippen LogP contribution is -2.37. The van der Waals surface area contributed by atoms with Crippen molar-refractivity contribution in [3.8, 4) is 0 Å². The van der Waals surface area contributed by atoms with E-state index in [1.807, 2.05) is 42.5 Å². The molecule has 5 nitrogen and oxygen atoms in total. The Hall–Kier alpha value is -2.08. The molecule has 0 spiro atoms. The summed E-state index contributed by atoms with van der Waals surface area (Å²) in [6.45, 7) is 2.22. The summed E-state index contributed by atoms with van der Waals surface area (Å²) in [5, 5.41) is 6.88. The number of carbonyl (C=O) groups is 2. The van der Waals surface area contributed by atoms with Crippen LogP contribution in [-0.2, 0) is 22.6 Å². The summed E-state index contributed by atoms with van der Waals surface area (Å²) < 4.78 is 0. The normalized spacial score (nSPS) is 18.4. The van der Waals surface area contributed by atoms with E-state index in [0.717, 1.165) is 48.4 Å². The number of halogens is 2. The lowest BCUT2D eigenvalue weighted by Gasteiger charge is -2.22. The Balaban J connectivity index is 0.00000225. The van der Waals surface area contributed by atoms with Crippen LogP contribution in [0.2, 0.25) is 5.02 Å². The molecule has 0 aromatic heterocycles. The summed E-state index contributed by atoms with van der Waals surface area (Å²) in [5.41, 5.74) is 3.68. The van der Waals surface area contributed by atoms with E-state index < -0.39 is 0 Å². The first kappa shape index (κ1) is 20.6. The minimum atomic E-state index is 0. The quantitative estimate of drug-likeness (QED) is 0.792. The Kier molecular flexibility index (Phi) is 6.60. The number of fused-ring (bicyclic) bond motifs is 1. The minimum Gasteiger partial charge on any atom is -0.326 e. The molecule has 0 aliphatic carbocycles. The predicted molar refractivity (Wildman–Crippen MR) is 114 cm³/mol. The van der Waals surface area contributed by atoms with Gasteiger partial charge >= 0.3 is 0 Å². The topological polar surface area (TPSA) is 61.4 Å². The third kappa shape index (κ3) is 4.49. The highest BCUT2D eigenvalue weighted by molar-refractivity contribution is 6.31. The summed E-state index contributed by atoms with van der Waals surface area (Å²) in [6.07, 6.45) is 2.37. The molecule has 1 saturated heterocycles. The monoisotopic (exact) mass is 419 g/mol. The third-order valence-corrected chi connectivity index (χ3v) is 5.45. The van der Waals surface area contributed by atoms with E-state index in [1.54, 1.807) is 4.90 Å². The van der Waals surface area contributed by atoms with Crippen LogP contribution in [0.5, 0.6) is 0 Å². The van der Waals surface area contributed by atoms with Crippen LogP contribution in [0.15, 0.2) is 42.5 Å². The SMILES string of the molecule is Cl.O=C(Nc1ccc(CN2C(=O)Cc3ccc(Cl)cc32)cc1)C1CCCNC1. The van der Waals surface area contributed by atoms with Crippen LogP contribution >= 0.6 is 24.0 Å². The van der Waals surface area contributed by atoms with Crippen LogP contribution in [0.1, 0.15) is 24.0 Å². The van der Waals surface area contributed by atoms with Crippen LogP contribution in [0.4, 0.5) is 11.4 Å². The van der Waals surface area contributed by atoms with Gasteiger partial charge in [-0.3, -0.25) is 9.59 Å². The summed E-state index contributed by atoms with van der Waals surface area (Å²) >= 11 is 6.09. The van der Waals surface area contributed by atoms with Crippen molar-refractivity contribution in [2.75, 3.05) is 23.3 Å². The summed E-state index contributed by atoms with van der Waals surface area (Å²) in [4.78, 5) is 26.4. The zero-order valence-electron chi connectivity index (χ0n) is 15.4. The predicted octanol–water partition coefficient (Wildman–Crippen LogP) is 3.79. The second-order valence-electron chi connectivity index (χ2n) is 7.16. The first-order chi connectivity index (χ1) is 13.1. The molecule has 4 rings (SSSR count). The number of hydrogen-bond acceptors (Lipinski definition) is 3. The molecule has 7 heteroatoms. The van der Waals surface area contributed by atoms with Gasteiger partial charge in [-0.05, 0) is 54.8 Å². The number of rotatable bonds is 4. The van der Waals surface area contributed by atoms with Crippen LogP contribution in [0, 0.1) is 5.92 Å². The van der Waals surface area contributed by atoms with Crippen molar-refractivity contribution in [1.29, 1.82) is 0 Å². The lowest BCUT2D eigenvalue weighted by atomic mass is 9.99.